The lowest BCUT2D eigenvalue weighted by atomic mass is 9.52. The van der Waals surface area contributed by atoms with Crippen LogP contribution in [0.25, 0.3) is 0 Å². The second-order valence-corrected chi connectivity index (χ2v) is 18.1. The second-order valence-electron chi connectivity index (χ2n) is 16.7. The molecule has 1 aromatic rings. The number of allylic oxidation sites excluding steroid dienone is 6. The molecule has 0 bridgehead atoms. The van der Waals surface area contributed by atoms with Gasteiger partial charge in [0.15, 0.2) is 11.6 Å². The summed E-state index contributed by atoms with van der Waals surface area (Å²) in [6.07, 6.45) is 18.1. The van der Waals surface area contributed by atoms with Gasteiger partial charge in [0.1, 0.15) is 11.6 Å². The molecule has 5 fully saturated rings. The number of fused-ring (bicyclic) bond motifs is 5. The number of carbonyl (C=O) groups is 2. The number of nitrogens with zero attached hydrogens (tertiary/aromatic N) is 6. The maximum absolute atomic E-state index is 14.2. The molecule has 5 N–H and O–H groups in total. The molecule has 0 radical (unpaired) electrons. The van der Waals surface area contributed by atoms with Crippen LogP contribution in [0.5, 0.6) is 0 Å². The number of ketones is 2. The first-order valence-electron chi connectivity index (χ1n) is 19.2. The molecule has 2 saturated carbocycles. The van der Waals surface area contributed by atoms with Gasteiger partial charge < -0.3 is 25.7 Å². The molecule has 6 atom stereocenters. The van der Waals surface area contributed by atoms with E-state index in [1.54, 1.807) is 6.08 Å². The van der Waals surface area contributed by atoms with Crippen molar-refractivity contribution >= 4 is 39.3 Å². The highest BCUT2D eigenvalue weighted by Crippen LogP contribution is 2.65. The van der Waals surface area contributed by atoms with Crippen LogP contribution in [0.2, 0.25) is 0 Å². The van der Waals surface area contributed by atoms with Crippen molar-refractivity contribution in [1.82, 2.24) is 14.9 Å². The average Bonchev–Trinajstić information content (AvgIpc) is 3.86. The number of rotatable bonds is 6. The van der Waals surface area contributed by atoms with Gasteiger partial charge in [-0.1, -0.05) is 37.1 Å². The van der Waals surface area contributed by atoms with E-state index >= 15 is 0 Å². The minimum Gasteiger partial charge on any atom is -0.412 e. The monoisotopic (exact) mass is 756 g/mol. The van der Waals surface area contributed by atoms with Crippen LogP contribution in [0.4, 0.5) is 17.6 Å². The first-order chi connectivity index (χ1) is 24.2. The molecule has 0 unspecified atom stereocenters. The molecule has 3 saturated heterocycles. The third-order valence-electron chi connectivity index (χ3n) is 13.2. The van der Waals surface area contributed by atoms with Crippen LogP contribution in [0.15, 0.2) is 41.5 Å². The number of carbonyl (C=O) groups excluding carboxylic acids is 2. The predicted molar refractivity (Wildman–Crippen MR) is 208 cm³/mol. The zero-order valence-corrected chi connectivity index (χ0v) is 32.7. The average molecular weight is 757 g/mol. The Morgan fingerprint density at radius 3 is 2.09 bits per heavy atom. The molecule has 8 rings (SSSR count). The van der Waals surface area contributed by atoms with Crippen LogP contribution in [0.1, 0.15) is 72.1 Å². The third-order valence-corrected chi connectivity index (χ3v) is 13.2. The molecule has 14 heteroatoms. The molecule has 7 aliphatic rings. The van der Waals surface area contributed by atoms with Gasteiger partial charge in [-0.2, -0.15) is 18.4 Å². The van der Waals surface area contributed by atoms with Crippen molar-refractivity contribution in [3.8, 4) is 0 Å². The SMILES string of the molecule is CS(=O)(=O)O.C[C@@H]1C[C@H]2[C@@H]3CCC4=CC(=O)C=C[C@]4(C)C3=CC[C@]2(C)[C@H]1C(=O)CN1CCN(c2cc(N3CCCC3)nc(N3CCCC3)n2)CC1.O.O. The Hall–Kier alpha value is -3.17. The summed E-state index contributed by atoms with van der Waals surface area (Å²) in [6.45, 7) is 15.4. The van der Waals surface area contributed by atoms with Crippen molar-refractivity contribution in [2.75, 3.05) is 79.9 Å². The van der Waals surface area contributed by atoms with E-state index in [1.807, 2.05) is 6.08 Å². The van der Waals surface area contributed by atoms with E-state index in [4.69, 9.17) is 14.5 Å². The summed E-state index contributed by atoms with van der Waals surface area (Å²) >= 11 is 0. The molecule has 0 spiro atoms. The van der Waals surface area contributed by atoms with Crippen LogP contribution >= 0.6 is 0 Å². The van der Waals surface area contributed by atoms with E-state index in [1.165, 1.54) is 36.8 Å². The number of aromatic nitrogens is 2. The lowest BCUT2D eigenvalue weighted by molar-refractivity contribution is -0.129. The molecule has 4 heterocycles. The summed E-state index contributed by atoms with van der Waals surface area (Å²) in [5, 5.41) is 0. The van der Waals surface area contributed by atoms with Gasteiger partial charge in [-0.25, -0.2) is 0 Å². The topological polar surface area (TPSA) is 190 Å². The Labute approximate surface area is 314 Å². The fraction of sp³-hybridized carbons (Fsp3) is 0.692. The third kappa shape index (κ3) is 8.26. The summed E-state index contributed by atoms with van der Waals surface area (Å²) in [5.41, 5.74) is 2.68. The summed E-state index contributed by atoms with van der Waals surface area (Å²) in [4.78, 5) is 46.1. The van der Waals surface area contributed by atoms with Crippen molar-refractivity contribution in [3.05, 3.63) is 41.5 Å². The lowest BCUT2D eigenvalue weighted by Crippen LogP contribution is -2.51. The largest absolute Gasteiger partial charge is 0.412 e. The van der Waals surface area contributed by atoms with Crippen LogP contribution < -0.4 is 14.7 Å². The van der Waals surface area contributed by atoms with E-state index in [-0.39, 0.29) is 33.5 Å². The fourth-order valence-corrected chi connectivity index (χ4v) is 10.8. The standard InChI is InChI=1S/C38H52N6O2.CH4O3S.2H2O/c1-26-22-31-29-9-8-27-23-28(45)10-12-37(27,2)30(29)11-13-38(31,3)35(26)32(46)25-41-18-20-43(21-19-41)34-24-33(42-14-4-5-15-42)39-36(40-34)44-16-6-7-17-44;1-5(2,3)4;;/h10-12,23-24,26,29,31,35H,4-9,13-22,25H2,1-3H3;1H3,(H,2,3,4);2*1H2/t26-,29-,31+,35-,37+,38+;;;/m1.../s1. The van der Waals surface area contributed by atoms with Crippen molar-refractivity contribution in [2.24, 2.45) is 34.5 Å². The van der Waals surface area contributed by atoms with E-state index < -0.39 is 10.1 Å². The van der Waals surface area contributed by atoms with E-state index in [0.717, 1.165) is 95.6 Å². The number of Topliss-reactive ketones (excluding diaryl/α,β-unsaturated/α-hetero) is 1. The highest BCUT2D eigenvalue weighted by molar-refractivity contribution is 7.85. The molecular weight excluding hydrogens is 697 g/mol. The molecule has 0 amide bonds. The molecule has 0 aromatic carbocycles. The van der Waals surface area contributed by atoms with Crippen LogP contribution in [0.3, 0.4) is 0 Å². The van der Waals surface area contributed by atoms with Crippen molar-refractivity contribution in [2.45, 2.75) is 72.1 Å². The molecule has 294 valence electrons. The van der Waals surface area contributed by atoms with Gasteiger partial charge in [-0.3, -0.25) is 19.0 Å². The molecule has 4 aliphatic carbocycles. The quantitative estimate of drug-likeness (QED) is 0.331. The van der Waals surface area contributed by atoms with Crippen LogP contribution in [-0.2, 0) is 19.7 Å². The highest BCUT2D eigenvalue weighted by atomic mass is 32.2. The molecule has 3 aliphatic heterocycles. The maximum atomic E-state index is 14.2. The number of piperazine rings is 1. The van der Waals surface area contributed by atoms with E-state index in [0.29, 0.717) is 36.3 Å². The summed E-state index contributed by atoms with van der Waals surface area (Å²) in [5.74, 6) is 5.14. The normalized spacial score (nSPS) is 32.3. The van der Waals surface area contributed by atoms with Crippen LogP contribution in [0, 0.1) is 34.5 Å². The number of anilines is 3. The Balaban J connectivity index is 0.000000727. The summed E-state index contributed by atoms with van der Waals surface area (Å²) in [6, 6.07) is 2.21. The van der Waals surface area contributed by atoms with Gasteiger partial charge >= 0.3 is 0 Å². The minimum absolute atomic E-state index is 0. The molecule has 1 aromatic heterocycles. The van der Waals surface area contributed by atoms with Crippen LogP contribution in [-0.4, -0.2) is 116 Å². The lowest BCUT2D eigenvalue weighted by Gasteiger charge is -2.52. The van der Waals surface area contributed by atoms with Crippen molar-refractivity contribution < 1.29 is 33.5 Å². The minimum atomic E-state index is -3.67. The zero-order valence-electron chi connectivity index (χ0n) is 31.9. The van der Waals surface area contributed by atoms with Gasteiger partial charge in [-0.15, -0.1) is 0 Å². The van der Waals surface area contributed by atoms with E-state index in [9.17, 15) is 18.0 Å². The Morgan fingerprint density at radius 1 is 0.925 bits per heavy atom. The Morgan fingerprint density at radius 2 is 1.49 bits per heavy atom. The summed E-state index contributed by atoms with van der Waals surface area (Å²) in [7, 11) is -3.67. The van der Waals surface area contributed by atoms with Crippen molar-refractivity contribution in [1.29, 1.82) is 0 Å². The fourth-order valence-electron chi connectivity index (χ4n) is 10.8. The van der Waals surface area contributed by atoms with Gasteiger partial charge in [0.2, 0.25) is 5.95 Å². The van der Waals surface area contributed by atoms with Gasteiger partial charge in [0, 0.05) is 69.8 Å². The maximum Gasteiger partial charge on any atom is 0.261 e. The highest BCUT2D eigenvalue weighted by Gasteiger charge is 2.59. The number of hydrogen-bond acceptors (Lipinski definition) is 10. The first-order valence-corrected chi connectivity index (χ1v) is 21.0. The second kappa shape index (κ2) is 15.9. The smallest absolute Gasteiger partial charge is 0.261 e. The Bertz CT molecular complexity index is 1690. The van der Waals surface area contributed by atoms with Crippen molar-refractivity contribution in [3.63, 3.8) is 0 Å². The van der Waals surface area contributed by atoms with Gasteiger partial charge in [0.25, 0.3) is 10.1 Å². The molecule has 13 nitrogen and oxygen atoms in total. The number of hydrogen-bond donors (Lipinski definition) is 1. The van der Waals surface area contributed by atoms with Gasteiger partial charge in [0.05, 0.1) is 12.8 Å². The predicted octanol–water partition coefficient (Wildman–Crippen LogP) is 3.31. The van der Waals surface area contributed by atoms with E-state index in [2.05, 4.69) is 58.6 Å². The molecular formula is C39H60N6O7S. The first kappa shape index (κ1) is 41.0. The summed E-state index contributed by atoms with van der Waals surface area (Å²) < 4.78 is 25.9. The zero-order chi connectivity index (χ0) is 36.1. The Kier molecular flexibility index (Phi) is 12.3. The molecule has 53 heavy (non-hydrogen) atoms. The van der Waals surface area contributed by atoms with Gasteiger partial charge in [-0.05, 0) is 93.6 Å².